The van der Waals surface area contributed by atoms with Crippen LogP contribution in [0.15, 0.2) is 30.3 Å². The van der Waals surface area contributed by atoms with E-state index in [9.17, 15) is 4.21 Å². The second-order valence-corrected chi connectivity index (χ2v) is 6.37. The summed E-state index contributed by atoms with van der Waals surface area (Å²) in [5.41, 5.74) is 1.23. The molecule has 0 spiro atoms. The third kappa shape index (κ3) is 4.84. The number of halogens is 2. The van der Waals surface area contributed by atoms with Crippen molar-refractivity contribution in [3.8, 4) is 0 Å². The monoisotopic (exact) mass is 296 g/mol. The molecule has 2 N–H and O–H groups in total. The number of hydrogen-bond acceptors (Lipinski definition) is 3. The lowest BCUT2D eigenvalue weighted by Crippen LogP contribution is -2.22. The average Bonchev–Trinajstić information content (AvgIpc) is 2.41. The predicted molar refractivity (Wildman–Crippen MR) is 76.9 cm³/mol. The number of benzene rings is 1. The van der Waals surface area contributed by atoms with E-state index in [1.165, 1.54) is 5.56 Å². The Bertz CT molecular complexity index is 422. The number of rotatable bonds is 1. The molecule has 1 aromatic carbocycles. The Morgan fingerprint density at radius 1 is 1.18 bits per heavy atom. The SMILES string of the molecule is Cl.Cl.N=S1(=O)CCNC(c2ccccc2)CC1. The van der Waals surface area contributed by atoms with E-state index >= 15 is 0 Å². The number of hydrogen-bond donors (Lipinski definition) is 2. The van der Waals surface area contributed by atoms with Crippen LogP contribution < -0.4 is 5.32 Å². The largest absolute Gasteiger partial charge is 0.309 e. The van der Waals surface area contributed by atoms with Crippen LogP contribution in [0.4, 0.5) is 0 Å². The highest BCUT2D eigenvalue weighted by Crippen LogP contribution is 2.19. The minimum Gasteiger partial charge on any atom is -0.309 e. The van der Waals surface area contributed by atoms with Gasteiger partial charge < -0.3 is 5.32 Å². The van der Waals surface area contributed by atoms with Crippen LogP contribution in [-0.4, -0.2) is 22.3 Å². The Kier molecular flexibility index (Phi) is 7.09. The minimum absolute atomic E-state index is 0. The second kappa shape index (κ2) is 7.21. The molecule has 0 radical (unpaired) electrons. The van der Waals surface area contributed by atoms with Crippen molar-refractivity contribution in [2.24, 2.45) is 0 Å². The summed E-state index contributed by atoms with van der Waals surface area (Å²) in [5, 5.41) is 3.35. The fourth-order valence-electron chi connectivity index (χ4n) is 1.88. The van der Waals surface area contributed by atoms with Crippen LogP contribution in [0.3, 0.4) is 0 Å². The molecule has 1 aliphatic heterocycles. The molecule has 6 heteroatoms. The van der Waals surface area contributed by atoms with Crippen LogP contribution in [0.2, 0.25) is 0 Å². The van der Waals surface area contributed by atoms with Gasteiger partial charge in [0.1, 0.15) is 0 Å². The Hall–Kier alpha value is -0.290. The van der Waals surface area contributed by atoms with Crippen molar-refractivity contribution in [2.45, 2.75) is 12.5 Å². The topological polar surface area (TPSA) is 53.0 Å². The summed E-state index contributed by atoms with van der Waals surface area (Å²) in [6.45, 7) is 0.682. The van der Waals surface area contributed by atoms with Gasteiger partial charge in [0.25, 0.3) is 0 Å². The first-order valence-corrected chi connectivity index (χ1v) is 7.09. The van der Waals surface area contributed by atoms with Crippen molar-refractivity contribution in [3.63, 3.8) is 0 Å². The summed E-state index contributed by atoms with van der Waals surface area (Å²) < 4.78 is 19.2. The van der Waals surface area contributed by atoms with E-state index in [4.69, 9.17) is 4.78 Å². The lowest BCUT2D eigenvalue weighted by atomic mass is 10.1. The zero-order chi connectivity index (χ0) is 10.7. The van der Waals surface area contributed by atoms with Crippen molar-refractivity contribution in [1.29, 1.82) is 4.78 Å². The van der Waals surface area contributed by atoms with Crippen molar-refractivity contribution in [2.75, 3.05) is 18.1 Å². The molecule has 2 rings (SSSR count). The first-order valence-electron chi connectivity index (χ1n) is 5.20. The van der Waals surface area contributed by atoms with Gasteiger partial charge in [-0.3, -0.25) is 4.78 Å². The van der Waals surface area contributed by atoms with E-state index in [0.29, 0.717) is 18.1 Å². The van der Waals surface area contributed by atoms with Gasteiger partial charge in [0.05, 0.1) is 0 Å². The van der Waals surface area contributed by atoms with Crippen molar-refractivity contribution >= 4 is 34.5 Å². The Balaban J connectivity index is 0.00000128. The van der Waals surface area contributed by atoms with Gasteiger partial charge in [0, 0.05) is 33.8 Å². The summed E-state index contributed by atoms with van der Waals surface area (Å²) in [6.07, 6.45) is 0.798. The summed E-state index contributed by atoms with van der Waals surface area (Å²) in [7, 11) is -2.32. The maximum absolute atomic E-state index is 11.6. The Morgan fingerprint density at radius 3 is 2.47 bits per heavy atom. The lowest BCUT2D eigenvalue weighted by molar-refractivity contribution is 0.551. The fourth-order valence-corrected chi connectivity index (χ4v) is 3.15. The van der Waals surface area contributed by atoms with Crippen molar-refractivity contribution in [3.05, 3.63) is 35.9 Å². The second-order valence-electron chi connectivity index (χ2n) is 3.93. The molecule has 0 amide bonds. The molecule has 0 bridgehead atoms. The maximum atomic E-state index is 11.6. The van der Waals surface area contributed by atoms with E-state index in [2.05, 4.69) is 17.4 Å². The third-order valence-corrected chi connectivity index (χ3v) is 4.52. The molecule has 1 fully saturated rings. The van der Waals surface area contributed by atoms with Crippen LogP contribution in [0.5, 0.6) is 0 Å². The highest BCUT2D eigenvalue weighted by atomic mass is 35.5. The quantitative estimate of drug-likeness (QED) is 0.837. The maximum Gasteiger partial charge on any atom is 0.0454 e. The van der Waals surface area contributed by atoms with E-state index in [-0.39, 0.29) is 30.9 Å². The molecule has 2 unspecified atom stereocenters. The van der Waals surface area contributed by atoms with Gasteiger partial charge in [-0.1, -0.05) is 30.3 Å². The summed E-state index contributed by atoms with van der Waals surface area (Å²) >= 11 is 0. The van der Waals surface area contributed by atoms with Gasteiger partial charge in [0.2, 0.25) is 0 Å². The van der Waals surface area contributed by atoms with Gasteiger partial charge >= 0.3 is 0 Å². The highest BCUT2D eigenvalue weighted by Gasteiger charge is 2.18. The molecule has 2 atom stereocenters. The molecule has 0 aromatic heterocycles. The molecule has 1 aromatic rings. The molecular formula is C11H18Cl2N2OS. The summed E-state index contributed by atoms with van der Waals surface area (Å²) in [4.78, 5) is 0. The Morgan fingerprint density at radius 2 is 1.82 bits per heavy atom. The van der Waals surface area contributed by atoms with Crippen molar-refractivity contribution < 1.29 is 4.21 Å². The first-order chi connectivity index (χ1) is 7.17. The van der Waals surface area contributed by atoms with E-state index < -0.39 is 9.73 Å². The third-order valence-electron chi connectivity index (χ3n) is 2.76. The number of nitrogens with one attached hydrogen (secondary N) is 2. The normalized spacial score (nSPS) is 28.4. The van der Waals surface area contributed by atoms with E-state index in [0.717, 1.165) is 6.42 Å². The molecule has 3 nitrogen and oxygen atoms in total. The highest BCUT2D eigenvalue weighted by molar-refractivity contribution is 7.92. The molecule has 1 aliphatic rings. The van der Waals surface area contributed by atoms with Gasteiger partial charge in [-0.25, -0.2) is 4.21 Å². The minimum atomic E-state index is -2.32. The standard InChI is InChI=1S/C11H16N2OS.2ClH/c12-15(14)8-6-11(13-7-9-15)10-4-2-1-3-5-10;;/h1-5,11-13H,6-9H2;2*1H. The molecule has 1 saturated heterocycles. The van der Waals surface area contributed by atoms with Crippen LogP contribution in [0.25, 0.3) is 0 Å². The summed E-state index contributed by atoms with van der Waals surface area (Å²) in [5.74, 6) is 0.996. The van der Waals surface area contributed by atoms with Crippen LogP contribution >= 0.6 is 24.8 Å². The van der Waals surface area contributed by atoms with E-state index in [1.807, 2.05) is 18.2 Å². The van der Waals surface area contributed by atoms with Gasteiger partial charge in [-0.2, -0.15) is 0 Å². The predicted octanol–water partition coefficient (Wildman–Crippen LogP) is 2.61. The molecular weight excluding hydrogens is 279 g/mol. The van der Waals surface area contributed by atoms with Crippen molar-refractivity contribution in [1.82, 2.24) is 5.32 Å². The molecule has 0 aliphatic carbocycles. The van der Waals surface area contributed by atoms with Gasteiger partial charge in [-0.15, -0.1) is 24.8 Å². The molecule has 0 saturated carbocycles. The fraction of sp³-hybridized carbons (Fsp3) is 0.455. The smallest absolute Gasteiger partial charge is 0.0454 e. The van der Waals surface area contributed by atoms with E-state index in [1.54, 1.807) is 0 Å². The Labute approximate surface area is 115 Å². The zero-order valence-corrected chi connectivity index (χ0v) is 11.9. The average molecular weight is 297 g/mol. The lowest BCUT2D eigenvalue weighted by Gasteiger charge is -2.15. The van der Waals surface area contributed by atoms with Crippen LogP contribution in [0, 0.1) is 4.78 Å². The summed E-state index contributed by atoms with van der Waals surface area (Å²) in [6, 6.07) is 10.4. The first kappa shape index (κ1) is 16.7. The van der Waals surface area contributed by atoms with Crippen LogP contribution in [-0.2, 0) is 9.73 Å². The molecule has 17 heavy (non-hydrogen) atoms. The molecule has 1 heterocycles. The zero-order valence-electron chi connectivity index (χ0n) is 9.43. The van der Waals surface area contributed by atoms with Crippen LogP contribution in [0.1, 0.15) is 18.0 Å². The van der Waals surface area contributed by atoms with Gasteiger partial charge in [-0.05, 0) is 12.0 Å². The molecule has 98 valence electrons. The van der Waals surface area contributed by atoms with Gasteiger partial charge in [0.15, 0.2) is 0 Å².